The first kappa shape index (κ1) is 15.8. The SMILES string of the molecule is CC(C)(C)OC(=O)N1CC[C@@H](n2nc(Br)c3c2CCCC3)C1. The summed E-state index contributed by atoms with van der Waals surface area (Å²) in [6.07, 6.45) is 5.41. The molecule has 1 amide bonds. The van der Waals surface area contributed by atoms with Gasteiger partial charge >= 0.3 is 6.09 Å². The Hall–Kier alpha value is -1.04. The number of halogens is 1. The largest absolute Gasteiger partial charge is 0.444 e. The van der Waals surface area contributed by atoms with Gasteiger partial charge in [0, 0.05) is 24.3 Å². The number of hydrogen-bond donors (Lipinski definition) is 0. The molecular weight excluding hydrogens is 346 g/mol. The molecule has 0 aromatic carbocycles. The van der Waals surface area contributed by atoms with E-state index in [0.29, 0.717) is 6.54 Å². The number of nitrogens with zero attached hydrogens (tertiary/aromatic N) is 3. The first-order chi connectivity index (χ1) is 10.3. The van der Waals surface area contributed by atoms with E-state index >= 15 is 0 Å². The van der Waals surface area contributed by atoms with Crippen molar-refractivity contribution in [2.75, 3.05) is 13.1 Å². The minimum atomic E-state index is -0.441. The molecule has 1 atom stereocenters. The van der Waals surface area contributed by atoms with Crippen LogP contribution in [0.15, 0.2) is 4.60 Å². The molecule has 2 heterocycles. The highest BCUT2D eigenvalue weighted by molar-refractivity contribution is 9.10. The molecule has 0 bridgehead atoms. The third kappa shape index (κ3) is 3.16. The van der Waals surface area contributed by atoms with Gasteiger partial charge in [0.2, 0.25) is 0 Å². The molecular formula is C16H24BrN3O2. The van der Waals surface area contributed by atoms with Crippen LogP contribution >= 0.6 is 15.9 Å². The van der Waals surface area contributed by atoms with E-state index in [-0.39, 0.29) is 12.1 Å². The maximum absolute atomic E-state index is 12.2. The predicted octanol–water partition coefficient (Wildman–Crippen LogP) is 3.71. The number of carbonyl (C=O) groups is 1. The van der Waals surface area contributed by atoms with E-state index in [9.17, 15) is 4.79 Å². The van der Waals surface area contributed by atoms with Crippen molar-refractivity contribution < 1.29 is 9.53 Å². The molecule has 22 heavy (non-hydrogen) atoms. The molecule has 6 heteroatoms. The highest BCUT2D eigenvalue weighted by Gasteiger charge is 2.33. The van der Waals surface area contributed by atoms with E-state index < -0.39 is 5.60 Å². The zero-order valence-corrected chi connectivity index (χ0v) is 15.1. The van der Waals surface area contributed by atoms with Crippen LogP contribution in [0.2, 0.25) is 0 Å². The molecule has 1 aromatic heterocycles. The molecule has 5 nitrogen and oxygen atoms in total. The molecule has 0 radical (unpaired) electrons. The maximum atomic E-state index is 12.2. The Morgan fingerprint density at radius 1 is 1.32 bits per heavy atom. The molecule has 0 unspecified atom stereocenters. The van der Waals surface area contributed by atoms with Gasteiger partial charge in [0.25, 0.3) is 0 Å². The molecule has 0 spiro atoms. The van der Waals surface area contributed by atoms with E-state index in [2.05, 4.69) is 20.6 Å². The third-order valence-corrected chi connectivity index (χ3v) is 4.96. The molecule has 1 aliphatic carbocycles. The number of likely N-dealkylation sites (tertiary alicyclic amines) is 1. The van der Waals surface area contributed by atoms with Gasteiger partial charge in [0.15, 0.2) is 0 Å². The van der Waals surface area contributed by atoms with Crippen molar-refractivity contribution in [2.24, 2.45) is 0 Å². The molecule has 2 aliphatic rings. The standard InChI is InChI=1S/C16H24BrN3O2/c1-16(2,3)22-15(21)19-9-8-11(10-19)20-13-7-5-4-6-12(13)14(17)18-20/h11H,4-10H2,1-3H3/t11-/m1/s1. The van der Waals surface area contributed by atoms with Gasteiger partial charge in [-0.3, -0.25) is 4.68 Å². The summed E-state index contributed by atoms with van der Waals surface area (Å²) in [7, 11) is 0. The van der Waals surface area contributed by atoms with Crippen LogP contribution in [-0.2, 0) is 17.6 Å². The Morgan fingerprint density at radius 2 is 2.05 bits per heavy atom. The number of aromatic nitrogens is 2. The van der Waals surface area contributed by atoms with Gasteiger partial charge in [-0.2, -0.15) is 5.10 Å². The van der Waals surface area contributed by atoms with Gasteiger partial charge < -0.3 is 9.64 Å². The lowest BCUT2D eigenvalue weighted by Crippen LogP contribution is -2.35. The van der Waals surface area contributed by atoms with Crippen LogP contribution in [0.3, 0.4) is 0 Å². The van der Waals surface area contributed by atoms with Crippen molar-refractivity contribution in [2.45, 2.75) is 64.5 Å². The van der Waals surface area contributed by atoms with E-state index in [4.69, 9.17) is 9.84 Å². The average Bonchev–Trinajstić information content (AvgIpc) is 3.03. The van der Waals surface area contributed by atoms with E-state index in [1.807, 2.05) is 20.8 Å². The average molecular weight is 370 g/mol. The van der Waals surface area contributed by atoms with Crippen molar-refractivity contribution in [3.63, 3.8) is 0 Å². The molecule has 0 N–H and O–H groups in total. The fourth-order valence-corrected chi connectivity index (χ4v) is 3.91. The zero-order chi connectivity index (χ0) is 15.9. The monoisotopic (exact) mass is 369 g/mol. The van der Waals surface area contributed by atoms with Crippen molar-refractivity contribution in [1.82, 2.24) is 14.7 Å². The molecule has 122 valence electrons. The number of ether oxygens (including phenoxy) is 1. The normalized spacial score (nSPS) is 21.8. The zero-order valence-electron chi connectivity index (χ0n) is 13.6. The summed E-state index contributed by atoms with van der Waals surface area (Å²) in [5.74, 6) is 0. The van der Waals surface area contributed by atoms with Crippen LogP contribution in [0, 0.1) is 0 Å². The summed E-state index contributed by atoms with van der Waals surface area (Å²) >= 11 is 3.60. The van der Waals surface area contributed by atoms with Crippen LogP contribution in [0.1, 0.15) is 57.3 Å². The number of fused-ring (bicyclic) bond motifs is 1. The summed E-state index contributed by atoms with van der Waals surface area (Å²) in [5.41, 5.74) is 2.28. The van der Waals surface area contributed by atoms with Gasteiger partial charge in [-0.25, -0.2) is 4.79 Å². The number of carbonyl (C=O) groups excluding carboxylic acids is 1. The fourth-order valence-electron chi connectivity index (χ4n) is 3.32. The van der Waals surface area contributed by atoms with Crippen LogP contribution in [-0.4, -0.2) is 39.5 Å². The minimum Gasteiger partial charge on any atom is -0.444 e. The Kier molecular flexibility index (Phi) is 4.23. The highest BCUT2D eigenvalue weighted by Crippen LogP contribution is 2.32. The van der Waals surface area contributed by atoms with Crippen LogP contribution < -0.4 is 0 Å². The second-order valence-electron chi connectivity index (χ2n) is 7.24. The van der Waals surface area contributed by atoms with Crippen LogP contribution in [0.5, 0.6) is 0 Å². The number of amides is 1. The molecule has 3 rings (SSSR count). The van der Waals surface area contributed by atoms with Gasteiger partial charge in [-0.15, -0.1) is 0 Å². The molecule has 1 aromatic rings. The van der Waals surface area contributed by atoms with Crippen LogP contribution in [0.4, 0.5) is 4.79 Å². The summed E-state index contributed by atoms with van der Waals surface area (Å²) in [4.78, 5) is 14.0. The van der Waals surface area contributed by atoms with Crippen LogP contribution in [0.25, 0.3) is 0 Å². The van der Waals surface area contributed by atoms with Gasteiger partial charge in [-0.1, -0.05) is 0 Å². The Balaban J connectivity index is 1.72. The maximum Gasteiger partial charge on any atom is 0.410 e. The quantitative estimate of drug-likeness (QED) is 0.757. The Morgan fingerprint density at radius 3 is 2.77 bits per heavy atom. The summed E-state index contributed by atoms with van der Waals surface area (Å²) in [6.45, 7) is 7.14. The first-order valence-corrected chi connectivity index (χ1v) is 8.88. The summed E-state index contributed by atoms with van der Waals surface area (Å²) < 4.78 is 8.61. The van der Waals surface area contributed by atoms with E-state index in [1.54, 1.807) is 4.90 Å². The molecule has 1 aliphatic heterocycles. The smallest absolute Gasteiger partial charge is 0.410 e. The van der Waals surface area contributed by atoms with Crippen molar-refractivity contribution in [1.29, 1.82) is 0 Å². The van der Waals surface area contributed by atoms with Gasteiger partial charge in [0.05, 0.1) is 6.04 Å². The fraction of sp³-hybridized carbons (Fsp3) is 0.750. The molecule has 0 saturated carbocycles. The topological polar surface area (TPSA) is 47.4 Å². The summed E-state index contributed by atoms with van der Waals surface area (Å²) in [5, 5.41) is 4.70. The van der Waals surface area contributed by atoms with Crippen molar-refractivity contribution in [3.05, 3.63) is 15.9 Å². The Bertz CT molecular complexity index is 577. The lowest BCUT2D eigenvalue weighted by molar-refractivity contribution is 0.0288. The predicted molar refractivity (Wildman–Crippen MR) is 88.0 cm³/mol. The Labute approximate surface area is 140 Å². The highest BCUT2D eigenvalue weighted by atomic mass is 79.9. The number of rotatable bonds is 1. The van der Waals surface area contributed by atoms with E-state index in [1.165, 1.54) is 24.1 Å². The van der Waals surface area contributed by atoms with E-state index in [0.717, 1.165) is 30.4 Å². The van der Waals surface area contributed by atoms with Crippen molar-refractivity contribution >= 4 is 22.0 Å². The third-order valence-electron chi connectivity index (χ3n) is 4.32. The second-order valence-corrected chi connectivity index (χ2v) is 7.99. The number of hydrogen-bond acceptors (Lipinski definition) is 3. The molecule has 1 saturated heterocycles. The molecule has 1 fully saturated rings. The lowest BCUT2D eigenvalue weighted by atomic mass is 9.98. The summed E-state index contributed by atoms with van der Waals surface area (Å²) in [6, 6.07) is 0.269. The minimum absolute atomic E-state index is 0.213. The first-order valence-electron chi connectivity index (χ1n) is 8.09. The lowest BCUT2D eigenvalue weighted by Gasteiger charge is -2.24. The van der Waals surface area contributed by atoms with Gasteiger partial charge in [-0.05, 0) is 68.8 Å². The van der Waals surface area contributed by atoms with Crippen molar-refractivity contribution in [3.8, 4) is 0 Å². The second kappa shape index (κ2) is 5.87. The van der Waals surface area contributed by atoms with Gasteiger partial charge in [0.1, 0.15) is 10.2 Å².